The summed E-state index contributed by atoms with van der Waals surface area (Å²) >= 11 is 0. The minimum Gasteiger partial charge on any atom is -0.480 e. The van der Waals surface area contributed by atoms with Crippen molar-refractivity contribution >= 4 is 5.97 Å². The van der Waals surface area contributed by atoms with Crippen molar-refractivity contribution in [1.29, 1.82) is 0 Å². The highest BCUT2D eigenvalue weighted by atomic mass is 16.4. The molecule has 0 unspecified atom stereocenters. The van der Waals surface area contributed by atoms with Crippen LogP contribution in [0.3, 0.4) is 0 Å². The number of hydrogen-bond acceptors (Lipinski definition) is 2. The van der Waals surface area contributed by atoms with Crippen molar-refractivity contribution in [2.45, 2.75) is 19.4 Å². The maximum absolute atomic E-state index is 10.7. The third-order valence-corrected chi connectivity index (χ3v) is 3.08. The summed E-state index contributed by atoms with van der Waals surface area (Å²) in [4.78, 5) is 10.7. The van der Waals surface area contributed by atoms with Crippen molar-refractivity contribution in [1.82, 2.24) is 0 Å². The highest BCUT2D eigenvalue weighted by Crippen LogP contribution is 2.21. The van der Waals surface area contributed by atoms with Gasteiger partial charge in [-0.15, -0.1) is 0 Å². The Morgan fingerprint density at radius 1 is 1.16 bits per heavy atom. The summed E-state index contributed by atoms with van der Waals surface area (Å²) in [7, 11) is 0. The molecule has 0 fully saturated rings. The lowest BCUT2D eigenvalue weighted by molar-refractivity contribution is -0.138. The summed E-state index contributed by atoms with van der Waals surface area (Å²) < 4.78 is 0. The van der Waals surface area contributed by atoms with Gasteiger partial charge in [0.25, 0.3) is 0 Å². The topological polar surface area (TPSA) is 63.3 Å². The van der Waals surface area contributed by atoms with Crippen molar-refractivity contribution in [2.24, 2.45) is 5.73 Å². The third-order valence-electron chi connectivity index (χ3n) is 3.08. The molecule has 2 aromatic rings. The van der Waals surface area contributed by atoms with Gasteiger partial charge in [-0.3, -0.25) is 4.79 Å². The molecule has 3 heteroatoms. The average molecular weight is 255 g/mol. The van der Waals surface area contributed by atoms with E-state index in [-0.39, 0.29) is 0 Å². The zero-order chi connectivity index (χ0) is 13.8. The molecule has 0 radical (unpaired) electrons. The van der Waals surface area contributed by atoms with Crippen molar-refractivity contribution in [3.63, 3.8) is 0 Å². The maximum atomic E-state index is 10.7. The molecule has 0 aromatic heterocycles. The number of aliphatic carboxylic acids is 1. The van der Waals surface area contributed by atoms with Crippen molar-refractivity contribution < 1.29 is 9.90 Å². The van der Waals surface area contributed by atoms with E-state index in [1.807, 2.05) is 30.3 Å². The van der Waals surface area contributed by atoms with Crippen molar-refractivity contribution in [2.75, 3.05) is 0 Å². The van der Waals surface area contributed by atoms with Crippen LogP contribution in [0.4, 0.5) is 0 Å². The first-order valence-electron chi connectivity index (χ1n) is 6.20. The van der Waals surface area contributed by atoms with Gasteiger partial charge in [0.05, 0.1) is 0 Å². The molecule has 98 valence electrons. The zero-order valence-corrected chi connectivity index (χ0v) is 10.8. The largest absolute Gasteiger partial charge is 0.480 e. The molecule has 0 saturated carbocycles. The number of nitrogens with two attached hydrogens (primary N) is 1. The van der Waals surface area contributed by atoms with Crippen LogP contribution >= 0.6 is 0 Å². The maximum Gasteiger partial charge on any atom is 0.320 e. The first-order chi connectivity index (χ1) is 9.06. The summed E-state index contributed by atoms with van der Waals surface area (Å²) in [5.74, 6) is -0.970. The second-order valence-corrected chi connectivity index (χ2v) is 4.72. The summed E-state index contributed by atoms with van der Waals surface area (Å²) in [5, 5.41) is 8.78. The number of carbonyl (C=O) groups is 1. The van der Waals surface area contributed by atoms with E-state index in [2.05, 4.69) is 25.1 Å². The summed E-state index contributed by atoms with van der Waals surface area (Å²) in [6.07, 6.45) is 0.351. The molecule has 0 heterocycles. The summed E-state index contributed by atoms with van der Waals surface area (Å²) in [5.41, 5.74) is 9.95. The van der Waals surface area contributed by atoms with E-state index in [0.29, 0.717) is 6.42 Å². The van der Waals surface area contributed by atoms with Crippen LogP contribution in [0.25, 0.3) is 11.1 Å². The normalized spacial score (nSPS) is 12.1. The highest BCUT2D eigenvalue weighted by Gasteiger charge is 2.11. The molecule has 19 heavy (non-hydrogen) atoms. The smallest absolute Gasteiger partial charge is 0.320 e. The van der Waals surface area contributed by atoms with Gasteiger partial charge in [-0.2, -0.15) is 0 Å². The number of rotatable bonds is 4. The van der Waals surface area contributed by atoms with Crippen LogP contribution in [-0.4, -0.2) is 17.1 Å². The molecule has 0 amide bonds. The second kappa shape index (κ2) is 5.67. The van der Waals surface area contributed by atoms with Gasteiger partial charge >= 0.3 is 5.97 Å². The second-order valence-electron chi connectivity index (χ2n) is 4.72. The molecule has 0 bridgehead atoms. The van der Waals surface area contributed by atoms with Gasteiger partial charge < -0.3 is 10.8 Å². The van der Waals surface area contributed by atoms with Crippen LogP contribution in [-0.2, 0) is 11.2 Å². The first-order valence-corrected chi connectivity index (χ1v) is 6.20. The minimum atomic E-state index is -0.970. The molecule has 3 N–H and O–H groups in total. The first kappa shape index (κ1) is 13.3. The average Bonchev–Trinajstić information content (AvgIpc) is 2.39. The fourth-order valence-electron chi connectivity index (χ4n) is 2.00. The lowest BCUT2D eigenvalue weighted by Crippen LogP contribution is -2.32. The van der Waals surface area contributed by atoms with E-state index < -0.39 is 12.0 Å². The van der Waals surface area contributed by atoms with Gasteiger partial charge in [0, 0.05) is 0 Å². The molecule has 0 spiro atoms. The lowest BCUT2D eigenvalue weighted by atomic mass is 10.00. The Morgan fingerprint density at radius 3 is 2.42 bits per heavy atom. The van der Waals surface area contributed by atoms with Gasteiger partial charge in [-0.05, 0) is 30.0 Å². The Bertz CT molecular complexity index is 576. The molecule has 1 atom stereocenters. The van der Waals surface area contributed by atoms with Crippen molar-refractivity contribution in [3.05, 3.63) is 59.7 Å². The number of carboxylic acids is 1. The Kier molecular flexibility index (Phi) is 3.97. The van der Waals surface area contributed by atoms with Gasteiger partial charge in [0.15, 0.2) is 0 Å². The van der Waals surface area contributed by atoms with Crippen LogP contribution in [0.1, 0.15) is 11.1 Å². The van der Waals surface area contributed by atoms with Gasteiger partial charge in [0.2, 0.25) is 0 Å². The lowest BCUT2D eigenvalue weighted by Gasteiger charge is -2.08. The SMILES string of the molecule is Cc1cccc(-c2ccc(C[C@@H](N)C(=O)O)cc2)c1. The summed E-state index contributed by atoms with van der Waals surface area (Å²) in [6.45, 7) is 2.06. The van der Waals surface area contributed by atoms with Crippen LogP contribution in [0, 0.1) is 6.92 Å². The Hall–Kier alpha value is -2.13. The van der Waals surface area contributed by atoms with Gasteiger partial charge in [-0.25, -0.2) is 0 Å². The monoisotopic (exact) mass is 255 g/mol. The van der Waals surface area contributed by atoms with Crippen LogP contribution in [0.15, 0.2) is 48.5 Å². The van der Waals surface area contributed by atoms with Crippen LogP contribution in [0.5, 0.6) is 0 Å². The molecular weight excluding hydrogens is 238 g/mol. The van der Waals surface area contributed by atoms with E-state index in [1.54, 1.807) is 0 Å². The molecule has 0 aliphatic carbocycles. The predicted molar refractivity (Wildman–Crippen MR) is 75.9 cm³/mol. The minimum absolute atomic E-state index is 0.351. The molecule has 0 saturated heterocycles. The Balaban J connectivity index is 2.17. The standard InChI is InChI=1S/C16H17NO2/c1-11-3-2-4-14(9-11)13-7-5-12(6-8-13)10-15(17)16(18)19/h2-9,15H,10,17H2,1H3,(H,18,19)/t15-/m1/s1. The predicted octanol–water partition coefficient (Wildman–Crippen LogP) is 2.62. The van der Waals surface area contributed by atoms with E-state index in [0.717, 1.165) is 16.7 Å². The number of aryl methyl sites for hydroxylation is 1. The molecule has 2 rings (SSSR count). The van der Waals surface area contributed by atoms with Gasteiger partial charge in [0.1, 0.15) is 6.04 Å². The van der Waals surface area contributed by atoms with Crippen molar-refractivity contribution in [3.8, 4) is 11.1 Å². The third kappa shape index (κ3) is 3.42. The molecule has 0 aliphatic heterocycles. The fourth-order valence-corrected chi connectivity index (χ4v) is 2.00. The molecule has 2 aromatic carbocycles. The number of carboxylic acid groups (broad SMARTS) is 1. The quantitative estimate of drug-likeness (QED) is 0.882. The summed E-state index contributed by atoms with van der Waals surface area (Å²) in [6, 6.07) is 15.3. The van der Waals surface area contributed by atoms with Crippen LogP contribution in [0.2, 0.25) is 0 Å². The molecule has 0 aliphatic rings. The molecule has 3 nitrogen and oxygen atoms in total. The number of benzene rings is 2. The fraction of sp³-hybridized carbons (Fsp3) is 0.188. The van der Waals surface area contributed by atoms with E-state index in [9.17, 15) is 4.79 Å². The Labute approximate surface area is 112 Å². The highest BCUT2D eigenvalue weighted by molar-refractivity contribution is 5.73. The van der Waals surface area contributed by atoms with Crippen LogP contribution < -0.4 is 5.73 Å². The van der Waals surface area contributed by atoms with E-state index in [1.165, 1.54) is 5.56 Å². The number of hydrogen-bond donors (Lipinski definition) is 2. The Morgan fingerprint density at radius 2 is 1.84 bits per heavy atom. The zero-order valence-electron chi connectivity index (χ0n) is 10.8. The van der Waals surface area contributed by atoms with Gasteiger partial charge in [-0.1, -0.05) is 54.1 Å². The molecular formula is C16H17NO2. The van der Waals surface area contributed by atoms with E-state index in [4.69, 9.17) is 10.8 Å². The van der Waals surface area contributed by atoms with E-state index >= 15 is 0 Å².